The van der Waals surface area contributed by atoms with Gasteiger partial charge in [0.25, 0.3) is 0 Å². The number of halogens is 1. The molecule has 2 N–H and O–H groups in total. The molecule has 2 aromatic carbocycles. The number of para-hydroxylation sites is 1. The topological polar surface area (TPSA) is 46.3 Å². The zero-order valence-corrected chi connectivity index (χ0v) is 12.9. The van der Waals surface area contributed by atoms with E-state index in [1.165, 1.54) is 0 Å². The first-order valence-electron chi connectivity index (χ1n) is 6.38. The van der Waals surface area contributed by atoms with Crippen LogP contribution in [0.25, 0.3) is 0 Å². The van der Waals surface area contributed by atoms with Crippen LogP contribution in [0.3, 0.4) is 0 Å². The molecule has 0 aliphatic heterocycles. The van der Waals surface area contributed by atoms with E-state index in [1.807, 2.05) is 48.5 Å². The highest BCUT2D eigenvalue weighted by molar-refractivity contribution is 9.10. The smallest absolute Gasteiger partial charge is 0.227 e. The maximum absolute atomic E-state index is 12.2. The second-order valence-electron chi connectivity index (χ2n) is 4.75. The van der Waals surface area contributed by atoms with Crippen LogP contribution in [0.2, 0.25) is 0 Å². The van der Waals surface area contributed by atoms with Gasteiger partial charge in [0.05, 0.1) is 6.42 Å². The molecule has 1 amide bonds. The molecule has 0 unspecified atom stereocenters. The summed E-state index contributed by atoms with van der Waals surface area (Å²) >= 11 is 3.38. The highest BCUT2D eigenvalue weighted by Crippen LogP contribution is 2.14. The summed E-state index contributed by atoms with van der Waals surface area (Å²) in [4.78, 5) is 13.9. The zero-order chi connectivity index (χ0) is 14.5. The number of benzene rings is 2. The van der Waals surface area contributed by atoms with Gasteiger partial charge in [-0.2, -0.15) is 0 Å². The van der Waals surface area contributed by atoms with Gasteiger partial charge in [-0.05, 0) is 29.3 Å². The van der Waals surface area contributed by atoms with Crippen molar-refractivity contribution >= 4 is 27.5 Å². The molecule has 0 aromatic heterocycles. The fraction of sp³-hybridized carbons (Fsp3) is 0.188. The Morgan fingerprint density at radius 2 is 1.80 bits per heavy atom. The minimum absolute atomic E-state index is 0.0792. The van der Waals surface area contributed by atoms with Gasteiger partial charge in [0.2, 0.25) is 5.91 Å². The third kappa shape index (κ3) is 3.84. The average molecular weight is 333 g/mol. The number of likely N-dealkylation sites (N-methyl/N-ethyl adjacent to an activating group) is 1. The second-order valence-corrected chi connectivity index (χ2v) is 5.67. The van der Waals surface area contributed by atoms with E-state index in [-0.39, 0.29) is 5.91 Å². The lowest BCUT2D eigenvalue weighted by Crippen LogP contribution is -2.28. The van der Waals surface area contributed by atoms with Crippen molar-refractivity contribution in [3.63, 3.8) is 0 Å². The molecule has 4 heteroatoms. The number of nitrogen functional groups attached to an aromatic ring is 1. The standard InChI is InChI=1S/C16H17BrN2O/c1-19(11-13-4-2-3-5-15(13)18)16(20)10-12-6-8-14(17)9-7-12/h2-9H,10-11,18H2,1H3. The summed E-state index contributed by atoms with van der Waals surface area (Å²) < 4.78 is 1.01. The van der Waals surface area contributed by atoms with E-state index < -0.39 is 0 Å². The van der Waals surface area contributed by atoms with E-state index in [4.69, 9.17) is 5.73 Å². The molecular formula is C16H17BrN2O. The van der Waals surface area contributed by atoms with Gasteiger partial charge in [0, 0.05) is 23.8 Å². The Kier molecular flexibility index (Phi) is 4.79. The first-order chi connectivity index (χ1) is 9.56. The van der Waals surface area contributed by atoms with Crippen LogP contribution in [0.1, 0.15) is 11.1 Å². The molecule has 0 fully saturated rings. The van der Waals surface area contributed by atoms with Gasteiger partial charge < -0.3 is 10.6 Å². The van der Waals surface area contributed by atoms with E-state index in [0.29, 0.717) is 13.0 Å². The first kappa shape index (κ1) is 14.6. The molecule has 0 saturated carbocycles. The Labute approximate surface area is 127 Å². The van der Waals surface area contributed by atoms with Crippen molar-refractivity contribution in [2.45, 2.75) is 13.0 Å². The van der Waals surface area contributed by atoms with Crippen molar-refractivity contribution in [2.24, 2.45) is 0 Å². The van der Waals surface area contributed by atoms with Crippen molar-refractivity contribution in [3.8, 4) is 0 Å². The fourth-order valence-electron chi connectivity index (χ4n) is 1.93. The number of carbonyl (C=O) groups is 1. The molecule has 0 aliphatic rings. The lowest BCUT2D eigenvalue weighted by molar-refractivity contribution is -0.129. The SMILES string of the molecule is CN(Cc1ccccc1N)C(=O)Cc1ccc(Br)cc1. The summed E-state index contributed by atoms with van der Waals surface area (Å²) in [6, 6.07) is 15.4. The van der Waals surface area contributed by atoms with Gasteiger partial charge in [-0.1, -0.05) is 46.3 Å². The number of nitrogens with zero attached hydrogens (tertiary/aromatic N) is 1. The van der Waals surface area contributed by atoms with Crippen molar-refractivity contribution in [3.05, 3.63) is 64.1 Å². The number of anilines is 1. The minimum atomic E-state index is 0.0792. The third-order valence-electron chi connectivity index (χ3n) is 3.16. The van der Waals surface area contributed by atoms with Gasteiger partial charge in [-0.3, -0.25) is 4.79 Å². The number of hydrogen-bond donors (Lipinski definition) is 1. The molecule has 0 radical (unpaired) electrons. The van der Waals surface area contributed by atoms with Crippen LogP contribution in [0.15, 0.2) is 53.0 Å². The molecule has 0 saturated heterocycles. The highest BCUT2D eigenvalue weighted by atomic mass is 79.9. The van der Waals surface area contributed by atoms with Gasteiger partial charge in [0.1, 0.15) is 0 Å². The van der Waals surface area contributed by atoms with Gasteiger partial charge in [-0.25, -0.2) is 0 Å². The lowest BCUT2D eigenvalue weighted by atomic mass is 10.1. The molecule has 20 heavy (non-hydrogen) atoms. The summed E-state index contributed by atoms with van der Waals surface area (Å²) in [6.07, 6.45) is 0.399. The number of hydrogen-bond acceptors (Lipinski definition) is 2. The minimum Gasteiger partial charge on any atom is -0.398 e. The fourth-order valence-corrected chi connectivity index (χ4v) is 2.20. The summed E-state index contributed by atoms with van der Waals surface area (Å²) in [6.45, 7) is 0.530. The maximum atomic E-state index is 12.2. The largest absolute Gasteiger partial charge is 0.398 e. The second kappa shape index (κ2) is 6.57. The maximum Gasteiger partial charge on any atom is 0.227 e. The van der Waals surface area contributed by atoms with Gasteiger partial charge >= 0.3 is 0 Å². The quantitative estimate of drug-likeness (QED) is 0.873. The number of nitrogens with two attached hydrogens (primary N) is 1. The van der Waals surface area contributed by atoms with Crippen molar-refractivity contribution in [1.82, 2.24) is 4.90 Å². The van der Waals surface area contributed by atoms with Gasteiger partial charge in [0.15, 0.2) is 0 Å². The summed E-state index contributed by atoms with van der Waals surface area (Å²) in [7, 11) is 1.80. The normalized spacial score (nSPS) is 10.3. The third-order valence-corrected chi connectivity index (χ3v) is 3.69. The monoisotopic (exact) mass is 332 g/mol. The molecule has 3 nitrogen and oxygen atoms in total. The molecule has 0 bridgehead atoms. The molecule has 0 heterocycles. The van der Waals surface area contributed by atoms with E-state index >= 15 is 0 Å². The number of amides is 1. The summed E-state index contributed by atoms with van der Waals surface area (Å²) in [5.41, 5.74) is 8.59. The predicted octanol–water partition coefficient (Wildman–Crippen LogP) is 3.23. The Balaban J connectivity index is 1.99. The summed E-state index contributed by atoms with van der Waals surface area (Å²) in [5.74, 6) is 0.0792. The van der Waals surface area contributed by atoms with Gasteiger partial charge in [-0.15, -0.1) is 0 Å². The van der Waals surface area contributed by atoms with E-state index in [0.717, 1.165) is 21.3 Å². The van der Waals surface area contributed by atoms with Crippen molar-refractivity contribution < 1.29 is 4.79 Å². The molecule has 0 aliphatic carbocycles. The van der Waals surface area contributed by atoms with Crippen LogP contribution in [-0.2, 0) is 17.8 Å². The molecule has 2 aromatic rings. The first-order valence-corrected chi connectivity index (χ1v) is 7.17. The Morgan fingerprint density at radius 1 is 1.15 bits per heavy atom. The van der Waals surface area contributed by atoms with Crippen LogP contribution in [0.5, 0.6) is 0 Å². The van der Waals surface area contributed by atoms with Crippen LogP contribution < -0.4 is 5.73 Å². The molecule has 0 spiro atoms. The van der Waals surface area contributed by atoms with Crippen molar-refractivity contribution in [1.29, 1.82) is 0 Å². The lowest BCUT2D eigenvalue weighted by Gasteiger charge is -2.18. The molecule has 0 atom stereocenters. The Hall–Kier alpha value is -1.81. The van der Waals surface area contributed by atoms with Crippen LogP contribution in [0.4, 0.5) is 5.69 Å². The average Bonchev–Trinajstić information content (AvgIpc) is 2.44. The predicted molar refractivity (Wildman–Crippen MR) is 85.2 cm³/mol. The summed E-state index contributed by atoms with van der Waals surface area (Å²) in [5, 5.41) is 0. The van der Waals surface area contributed by atoms with Crippen LogP contribution in [-0.4, -0.2) is 17.9 Å². The zero-order valence-electron chi connectivity index (χ0n) is 11.3. The highest BCUT2D eigenvalue weighted by Gasteiger charge is 2.11. The van der Waals surface area contributed by atoms with Crippen LogP contribution >= 0.6 is 15.9 Å². The molecular weight excluding hydrogens is 316 g/mol. The van der Waals surface area contributed by atoms with Crippen LogP contribution in [0, 0.1) is 0 Å². The number of rotatable bonds is 4. The Bertz CT molecular complexity index is 596. The van der Waals surface area contributed by atoms with Crippen molar-refractivity contribution in [2.75, 3.05) is 12.8 Å². The molecule has 104 valence electrons. The number of carbonyl (C=O) groups excluding carboxylic acids is 1. The molecule has 2 rings (SSSR count). The van der Waals surface area contributed by atoms with E-state index in [1.54, 1.807) is 11.9 Å². The Morgan fingerprint density at radius 3 is 2.45 bits per heavy atom. The van der Waals surface area contributed by atoms with E-state index in [9.17, 15) is 4.79 Å². The van der Waals surface area contributed by atoms with E-state index in [2.05, 4.69) is 15.9 Å².